The molecule has 0 aliphatic carbocycles. The Balaban J connectivity index is 2.29. The second-order valence-electron chi connectivity index (χ2n) is 5.01. The van der Waals surface area contributed by atoms with Gasteiger partial charge in [0.1, 0.15) is 0 Å². The van der Waals surface area contributed by atoms with Crippen LogP contribution in [0.15, 0.2) is 15.2 Å². The summed E-state index contributed by atoms with van der Waals surface area (Å²) < 4.78 is 3.17. The van der Waals surface area contributed by atoms with Crippen molar-refractivity contribution in [3.63, 3.8) is 0 Å². The van der Waals surface area contributed by atoms with Gasteiger partial charge < -0.3 is 5.32 Å². The molecule has 3 nitrogen and oxygen atoms in total. The molecule has 5 heteroatoms. The average Bonchev–Trinajstić information content (AvgIpc) is 2.96. The van der Waals surface area contributed by atoms with Crippen molar-refractivity contribution < 1.29 is 0 Å². The van der Waals surface area contributed by atoms with Gasteiger partial charge in [-0.15, -0.1) is 0 Å². The van der Waals surface area contributed by atoms with Gasteiger partial charge in [0.25, 0.3) is 0 Å². The zero-order valence-electron chi connectivity index (χ0n) is 12.5. The van der Waals surface area contributed by atoms with Gasteiger partial charge in [0.05, 0.1) is 15.9 Å². The van der Waals surface area contributed by atoms with Crippen molar-refractivity contribution in [1.82, 2.24) is 15.1 Å². The second-order valence-corrected chi connectivity index (χ2v) is 6.55. The Labute approximate surface area is 133 Å². The number of hydrogen-bond donors (Lipinski definition) is 1. The summed E-state index contributed by atoms with van der Waals surface area (Å²) in [5.41, 5.74) is 5.18. The number of nitrogens with one attached hydrogen (secondary N) is 1. The lowest BCUT2D eigenvalue weighted by molar-refractivity contribution is 0.527. The molecule has 1 N–H and O–H groups in total. The SMILES string of the molecule is CCNC(Cc1c(Br)c(CC)nn1C)c1cscc1C. The van der Waals surface area contributed by atoms with Crippen molar-refractivity contribution in [3.05, 3.63) is 37.7 Å². The van der Waals surface area contributed by atoms with Crippen molar-refractivity contribution in [2.75, 3.05) is 6.54 Å². The molecule has 2 rings (SSSR count). The van der Waals surface area contributed by atoms with Gasteiger partial charge in [-0.25, -0.2) is 0 Å². The summed E-state index contributed by atoms with van der Waals surface area (Å²) >= 11 is 5.49. The first-order chi connectivity index (χ1) is 9.58. The van der Waals surface area contributed by atoms with Crippen LogP contribution in [0.2, 0.25) is 0 Å². The number of thiophene rings is 1. The summed E-state index contributed by atoms with van der Waals surface area (Å²) in [6, 6.07) is 0.350. The molecule has 0 bridgehead atoms. The number of hydrogen-bond acceptors (Lipinski definition) is 3. The first-order valence-corrected chi connectivity index (χ1v) is 8.78. The first kappa shape index (κ1) is 15.7. The van der Waals surface area contributed by atoms with Crippen LogP contribution in [-0.4, -0.2) is 16.3 Å². The maximum Gasteiger partial charge on any atom is 0.0766 e. The lowest BCUT2D eigenvalue weighted by atomic mass is 10.0. The first-order valence-electron chi connectivity index (χ1n) is 7.04. The minimum Gasteiger partial charge on any atom is -0.310 e. The molecule has 2 aromatic heterocycles. The van der Waals surface area contributed by atoms with Crippen molar-refractivity contribution in [1.29, 1.82) is 0 Å². The third-order valence-corrected chi connectivity index (χ3v) is 5.42. The fraction of sp³-hybridized carbons (Fsp3) is 0.533. The van der Waals surface area contributed by atoms with E-state index in [4.69, 9.17) is 0 Å². The summed E-state index contributed by atoms with van der Waals surface area (Å²) in [5.74, 6) is 0. The Hall–Kier alpha value is -0.650. The van der Waals surface area contributed by atoms with E-state index >= 15 is 0 Å². The normalized spacial score (nSPS) is 12.8. The number of likely N-dealkylation sites (N-methyl/N-ethyl adjacent to an activating group) is 1. The van der Waals surface area contributed by atoms with Gasteiger partial charge in [-0.2, -0.15) is 16.4 Å². The van der Waals surface area contributed by atoms with Crippen LogP contribution in [0.25, 0.3) is 0 Å². The molecule has 2 aromatic rings. The maximum absolute atomic E-state index is 4.59. The van der Waals surface area contributed by atoms with Crippen LogP contribution in [0, 0.1) is 6.92 Å². The van der Waals surface area contributed by atoms with E-state index in [1.165, 1.54) is 21.3 Å². The molecule has 0 spiro atoms. The summed E-state index contributed by atoms with van der Waals surface area (Å²) in [7, 11) is 2.03. The minimum atomic E-state index is 0.350. The zero-order chi connectivity index (χ0) is 14.7. The smallest absolute Gasteiger partial charge is 0.0766 e. The Morgan fingerprint density at radius 2 is 2.15 bits per heavy atom. The molecule has 0 aliphatic rings. The molecule has 20 heavy (non-hydrogen) atoms. The van der Waals surface area contributed by atoms with Gasteiger partial charge in [-0.05, 0) is 57.7 Å². The molecule has 0 fully saturated rings. The second kappa shape index (κ2) is 6.87. The van der Waals surface area contributed by atoms with Gasteiger partial charge in [-0.3, -0.25) is 4.68 Å². The van der Waals surface area contributed by atoms with E-state index in [2.05, 4.69) is 57.9 Å². The number of aromatic nitrogens is 2. The summed E-state index contributed by atoms with van der Waals surface area (Å²) in [5, 5.41) is 12.7. The predicted octanol–water partition coefficient (Wildman–Crippen LogP) is 4.01. The zero-order valence-corrected chi connectivity index (χ0v) is 14.9. The predicted molar refractivity (Wildman–Crippen MR) is 89.5 cm³/mol. The standard InChI is InChI=1S/C15H22BrN3S/c1-5-12-15(16)14(19(4)18-12)7-13(17-6-2)11-9-20-8-10(11)3/h8-9,13,17H,5-7H2,1-4H3. The van der Waals surface area contributed by atoms with E-state index in [9.17, 15) is 0 Å². The summed E-state index contributed by atoms with van der Waals surface area (Å²) in [4.78, 5) is 0. The fourth-order valence-corrected chi connectivity index (χ4v) is 4.18. The highest BCUT2D eigenvalue weighted by molar-refractivity contribution is 9.10. The van der Waals surface area contributed by atoms with Crippen LogP contribution in [0.4, 0.5) is 0 Å². The molecule has 0 amide bonds. The third kappa shape index (κ3) is 3.15. The van der Waals surface area contributed by atoms with Crippen molar-refractivity contribution in [2.45, 2.75) is 39.7 Å². The van der Waals surface area contributed by atoms with Crippen LogP contribution in [0.1, 0.15) is 42.4 Å². The quantitative estimate of drug-likeness (QED) is 0.848. The Bertz CT molecular complexity index is 574. The molecule has 0 aromatic carbocycles. The van der Waals surface area contributed by atoms with Gasteiger partial charge in [0.15, 0.2) is 0 Å². The maximum atomic E-state index is 4.59. The lowest BCUT2D eigenvalue weighted by Gasteiger charge is -2.18. The highest BCUT2D eigenvalue weighted by atomic mass is 79.9. The molecule has 0 radical (unpaired) electrons. The number of nitrogens with zero attached hydrogens (tertiary/aromatic N) is 2. The van der Waals surface area contributed by atoms with Gasteiger partial charge >= 0.3 is 0 Å². The van der Waals surface area contributed by atoms with Crippen molar-refractivity contribution in [3.8, 4) is 0 Å². The third-order valence-electron chi connectivity index (χ3n) is 3.62. The van der Waals surface area contributed by atoms with E-state index < -0.39 is 0 Å². The van der Waals surface area contributed by atoms with Gasteiger partial charge in [0, 0.05) is 19.5 Å². The van der Waals surface area contributed by atoms with Crippen LogP contribution in [0.3, 0.4) is 0 Å². The van der Waals surface area contributed by atoms with Crippen LogP contribution in [0.5, 0.6) is 0 Å². The molecule has 1 atom stereocenters. The molecule has 1 unspecified atom stereocenters. The summed E-state index contributed by atoms with van der Waals surface area (Å²) in [6.45, 7) is 7.45. The van der Waals surface area contributed by atoms with E-state index in [-0.39, 0.29) is 0 Å². The molecule has 0 aliphatic heterocycles. The lowest BCUT2D eigenvalue weighted by Crippen LogP contribution is -2.24. The largest absolute Gasteiger partial charge is 0.310 e. The fourth-order valence-electron chi connectivity index (χ4n) is 2.50. The van der Waals surface area contributed by atoms with E-state index in [1.54, 1.807) is 11.3 Å². The number of halogens is 1. The van der Waals surface area contributed by atoms with Crippen molar-refractivity contribution in [2.24, 2.45) is 7.05 Å². The van der Waals surface area contributed by atoms with E-state index in [0.717, 1.165) is 25.1 Å². The van der Waals surface area contributed by atoms with Crippen molar-refractivity contribution >= 4 is 27.3 Å². The Morgan fingerprint density at radius 3 is 2.65 bits per heavy atom. The van der Waals surface area contributed by atoms with E-state index in [1.807, 2.05) is 11.7 Å². The Kier molecular flexibility index (Phi) is 5.41. The highest BCUT2D eigenvalue weighted by Crippen LogP contribution is 2.29. The number of aryl methyl sites for hydroxylation is 3. The van der Waals surface area contributed by atoms with Crippen LogP contribution in [-0.2, 0) is 19.9 Å². The Morgan fingerprint density at radius 1 is 1.40 bits per heavy atom. The highest BCUT2D eigenvalue weighted by Gasteiger charge is 2.20. The van der Waals surface area contributed by atoms with Crippen LogP contribution < -0.4 is 5.32 Å². The van der Waals surface area contributed by atoms with Gasteiger partial charge in [0.2, 0.25) is 0 Å². The molecule has 2 heterocycles. The molecule has 0 saturated carbocycles. The average molecular weight is 356 g/mol. The molecular weight excluding hydrogens is 334 g/mol. The monoisotopic (exact) mass is 355 g/mol. The topological polar surface area (TPSA) is 29.9 Å². The molecular formula is C15H22BrN3S. The minimum absolute atomic E-state index is 0.350. The molecule has 110 valence electrons. The summed E-state index contributed by atoms with van der Waals surface area (Å²) in [6.07, 6.45) is 1.91. The van der Waals surface area contributed by atoms with E-state index in [0.29, 0.717) is 6.04 Å². The van der Waals surface area contributed by atoms with Gasteiger partial charge in [-0.1, -0.05) is 13.8 Å². The number of rotatable bonds is 6. The van der Waals surface area contributed by atoms with Crippen LogP contribution >= 0.6 is 27.3 Å². The molecule has 0 saturated heterocycles.